The molecular weight excluding hydrogens is 406 g/mol. The highest BCUT2D eigenvalue weighted by Gasteiger charge is 2.54. The molecule has 1 saturated heterocycles. The number of nitrogens with zero attached hydrogens (tertiary/aromatic N) is 1. The van der Waals surface area contributed by atoms with Crippen LogP contribution in [0, 0.1) is 6.92 Å². The fourth-order valence-corrected chi connectivity index (χ4v) is 3.91. The summed E-state index contributed by atoms with van der Waals surface area (Å²) in [5.41, 5.74) is 1.24. The number of urea groups is 1. The molecule has 0 unspecified atom stereocenters. The van der Waals surface area contributed by atoms with Crippen molar-refractivity contribution >= 4 is 23.5 Å². The van der Waals surface area contributed by atoms with E-state index in [4.69, 9.17) is 4.74 Å². The van der Waals surface area contributed by atoms with Crippen LogP contribution in [-0.2, 0) is 15.1 Å². The van der Waals surface area contributed by atoms with Gasteiger partial charge in [0.1, 0.15) is 12.3 Å². The lowest BCUT2D eigenvalue weighted by atomic mass is 9.82. The molecule has 0 aromatic heterocycles. The highest BCUT2D eigenvalue weighted by Crippen LogP contribution is 2.36. The van der Waals surface area contributed by atoms with Gasteiger partial charge in [0.2, 0.25) is 5.91 Å². The second-order valence-corrected chi connectivity index (χ2v) is 7.56. The SMILES string of the molecule is COc1ccc(C)cc1NC(=O)CN1C(=O)NC(c2ccccc2)(c2ccccc2)C1=O. The molecular formula is C25H23N3O4. The number of aryl methyl sites for hydroxylation is 1. The van der Waals surface area contributed by atoms with Crippen LogP contribution in [0.2, 0.25) is 0 Å². The van der Waals surface area contributed by atoms with Crippen LogP contribution in [0.15, 0.2) is 78.9 Å². The van der Waals surface area contributed by atoms with Crippen molar-refractivity contribution in [3.8, 4) is 5.75 Å². The van der Waals surface area contributed by atoms with Crippen molar-refractivity contribution in [2.24, 2.45) is 0 Å². The number of carbonyl (C=O) groups is 3. The van der Waals surface area contributed by atoms with E-state index in [9.17, 15) is 14.4 Å². The maximum absolute atomic E-state index is 13.6. The van der Waals surface area contributed by atoms with E-state index in [0.717, 1.165) is 10.5 Å². The fraction of sp³-hybridized carbons (Fsp3) is 0.160. The van der Waals surface area contributed by atoms with Crippen LogP contribution in [0.25, 0.3) is 0 Å². The lowest BCUT2D eigenvalue weighted by molar-refractivity contribution is -0.133. The summed E-state index contributed by atoms with van der Waals surface area (Å²) in [5.74, 6) is -0.523. The highest BCUT2D eigenvalue weighted by atomic mass is 16.5. The Labute approximate surface area is 186 Å². The number of hydrogen-bond acceptors (Lipinski definition) is 4. The van der Waals surface area contributed by atoms with Gasteiger partial charge in [0, 0.05) is 0 Å². The zero-order valence-electron chi connectivity index (χ0n) is 17.8. The Hall–Kier alpha value is -4.13. The van der Waals surface area contributed by atoms with E-state index in [2.05, 4.69) is 10.6 Å². The molecule has 0 saturated carbocycles. The molecule has 1 aliphatic heterocycles. The predicted molar refractivity (Wildman–Crippen MR) is 120 cm³/mol. The largest absolute Gasteiger partial charge is 0.495 e. The van der Waals surface area contributed by atoms with Crippen LogP contribution in [0.1, 0.15) is 16.7 Å². The predicted octanol–water partition coefficient (Wildman–Crippen LogP) is 3.44. The molecule has 0 spiro atoms. The Balaban J connectivity index is 1.64. The third-order valence-corrected chi connectivity index (χ3v) is 5.45. The lowest BCUT2D eigenvalue weighted by Gasteiger charge is -2.28. The van der Waals surface area contributed by atoms with Gasteiger partial charge in [-0.05, 0) is 35.7 Å². The van der Waals surface area contributed by atoms with Crippen LogP contribution >= 0.6 is 0 Å². The molecule has 0 radical (unpaired) electrons. The average Bonchev–Trinajstić information content (AvgIpc) is 3.06. The van der Waals surface area contributed by atoms with E-state index in [1.54, 1.807) is 60.7 Å². The minimum absolute atomic E-state index is 0.427. The maximum Gasteiger partial charge on any atom is 0.326 e. The first-order chi connectivity index (χ1) is 15.5. The number of carbonyl (C=O) groups excluding carboxylic acids is 3. The quantitative estimate of drug-likeness (QED) is 0.588. The standard InChI is InChI=1S/C25H23N3O4/c1-17-13-14-21(32-2)20(15-17)26-22(29)16-28-23(30)25(27-24(28)31,18-9-5-3-6-10-18)19-11-7-4-8-12-19/h3-15H,16H2,1-2H3,(H,26,29)(H,27,31). The molecule has 0 bridgehead atoms. The van der Waals surface area contributed by atoms with Crippen molar-refractivity contribution in [2.75, 3.05) is 19.0 Å². The Morgan fingerprint density at radius 1 is 0.969 bits per heavy atom. The Kier molecular flexibility index (Phi) is 5.64. The Bertz CT molecular complexity index is 1120. The zero-order valence-corrected chi connectivity index (χ0v) is 17.8. The van der Waals surface area contributed by atoms with Gasteiger partial charge in [-0.15, -0.1) is 0 Å². The Morgan fingerprint density at radius 3 is 2.12 bits per heavy atom. The van der Waals surface area contributed by atoms with Crippen molar-refractivity contribution in [1.82, 2.24) is 10.2 Å². The molecule has 7 nitrogen and oxygen atoms in total. The van der Waals surface area contributed by atoms with Gasteiger partial charge in [-0.2, -0.15) is 0 Å². The van der Waals surface area contributed by atoms with Crippen LogP contribution in [0.5, 0.6) is 5.75 Å². The summed E-state index contributed by atoms with van der Waals surface area (Å²) in [6.45, 7) is 1.46. The number of anilines is 1. The van der Waals surface area contributed by atoms with Gasteiger partial charge in [-0.25, -0.2) is 4.79 Å². The molecule has 1 aliphatic rings. The number of amides is 4. The summed E-state index contributed by atoms with van der Waals surface area (Å²) in [4.78, 5) is 40.3. The zero-order chi connectivity index (χ0) is 22.7. The molecule has 32 heavy (non-hydrogen) atoms. The van der Waals surface area contributed by atoms with Gasteiger partial charge in [-0.3, -0.25) is 14.5 Å². The molecule has 3 aromatic rings. The number of nitrogens with one attached hydrogen (secondary N) is 2. The van der Waals surface area contributed by atoms with Crippen LogP contribution < -0.4 is 15.4 Å². The van der Waals surface area contributed by atoms with E-state index in [1.807, 2.05) is 25.1 Å². The number of ether oxygens (including phenoxy) is 1. The van der Waals surface area contributed by atoms with Crippen molar-refractivity contribution < 1.29 is 19.1 Å². The van der Waals surface area contributed by atoms with E-state index in [0.29, 0.717) is 22.6 Å². The van der Waals surface area contributed by atoms with Gasteiger partial charge in [0.25, 0.3) is 5.91 Å². The van der Waals surface area contributed by atoms with Crippen LogP contribution in [0.3, 0.4) is 0 Å². The molecule has 3 aromatic carbocycles. The van der Waals surface area contributed by atoms with Gasteiger partial charge in [0.05, 0.1) is 12.8 Å². The summed E-state index contributed by atoms with van der Waals surface area (Å²) in [5, 5.41) is 5.57. The normalized spacial score (nSPS) is 14.8. The second-order valence-electron chi connectivity index (χ2n) is 7.56. The van der Waals surface area contributed by atoms with Gasteiger partial charge >= 0.3 is 6.03 Å². The minimum Gasteiger partial charge on any atom is -0.495 e. The third kappa shape index (κ3) is 3.69. The third-order valence-electron chi connectivity index (χ3n) is 5.45. The monoisotopic (exact) mass is 429 g/mol. The van der Waals surface area contributed by atoms with Gasteiger partial charge in [0.15, 0.2) is 5.54 Å². The van der Waals surface area contributed by atoms with Crippen LogP contribution in [-0.4, -0.2) is 36.4 Å². The fourth-order valence-electron chi connectivity index (χ4n) is 3.91. The summed E-state index contributed by atoms with van der Waals surface area (Å²) in [6.07, 6.45) is 0. The van der Waals surface area contributed by atoms with Gasteiger partial charge < -0.3 is 15.4 Å². The second kappa shape index (κ2) is 8.55. The van der Waals surface area contributed by atoms with Gasteiger partial charge in [-0.1, -0.05) is 66.7 Å². The highest BCUT2D eigenvalue weighted by molar-refractivity contribution is 6.12. The molecule has 162 valence electrons. The van der Waals surface area contributed by atoms with Crippen molar-refractivity contribution in [3.63, 3.8) is 0 Å². The molecule has 0 atom stereocenters. The van der Waals surface area contributed by atoms with Crippen LogP contribution in [0.4, 0.5) is 10.5 Å². The molecule has 0 aliphatic carbocycles. The summed E-state index contributed by atoms with van der Waals surface area (Å²) in [7, 11) is 1.51. The Morgan fingerprint density at radius 2 is 1.56 bits per heavy atom. The summed E-state index contributed by atoms with van der Waals surface area (Å²) < 4.78 is 5.29. The summed E-state index contributed by atoms with van der Waals surface area (Å²) in [6, 6.07) is 22.8. The van der Waals surface area contributed by atoms with Crippen molar-refractivity contribution in [2.45, 2.75) is 12.5 Å². The lowest BCUT2D eigenvalue weighted by Crippen LogP contribution is -2.45. The number of hydrogen-bond donors (Lipinski definition) is 2. The molecule has 1 fully saturated rings. The number of benzene rings is 3. The molecule has 4 rings (SSSR count). The molecule has 2 N–H and O–H groups in total. The maximum atomic E-state index is 13.6. The number of imide groups is 1. The first kappa shape index (κ1) is 21.1. The topological polar surface area (TPSA) is 87.7 Å². The first-order valence-electron chi connectivity index (χ1n) is 10.2. The number of methoxy groups -OCH3 is 1. The molecule has 4 amide bonds. The first-order valence-corrected chi connectivity index (χ1v) is 10.2. The smallest absolute Gasteiger partial charge is 0.326 e. The summed E-state index contributed by atoms with van der Waals surface area (Å²) >= 11 is 0. The van der Waals surface area contributed by atoms with E-state index >= 15 is 0 Å². The van der Waals surface area contributed by atoms with Crippen molar-refractivity contribution in [3.05, 3.63) is 95.6 Å². The minimum atomic E-state index is -1.40. The van der Waals surface area contributed by atoms with E-state index < -0.39 is 29.9 Å². The van der Waals surface area contributed by atoms with Crippen molar-refractivity contribution in [1.29, 1.82) is 0 Å². The van der Waals surface area contributed by atoms with E-state index in [-0.39, 0.29) is 0 Å². The number of rotatable bonds is 6. The average molecular weight is 429 g/mol. The van der Waals surface area contributed by atoms with E-state index in [1.165, 1.54) is 7.11 Å². The molecule has 7 heteroatoms. The molecule has 1 heterocycles.